The summed E-state index contributed by atoms with van der Waals surface area (Å²) in [6.07, 6.45) is 6.34. The number of aryl methyl sites for hydroxylation is 1. The summed E-state index contributed by atoms with van der Waals surface area (Å²) in [6.45, 7) is 5.63. The van der Waals surface area contributed by atoms with Crippen LogP contribution < -0.4 is 5.32 Å². The van der Waals surface area contributed by atoms with Crippen LogP contribution in [0.1, 0.15) is 72.3 Å². The van der Waals surface area contributed by atoms with Gasteiger partial charge in [-0.1, -0.05) is 31.0 Å². The van der Waals surface area contributed by atoms with Gasteiger partial charge in [-0.05, 0) is 51.2 Å². The van der Waals surface area contributed by atoms with E-state index in [0.717, 1.165) is 67.8 Å². The standard InChI is InChI=1S/C22H29N3O2/c1-3-5-19-20(22(26)23-14-18-6-4-13-27-18)21(16-9-10-16)24-25(19)17-11-7-15(2)8-12-17/h7-8,11-12,16,18H,3-6,9-10,13-14H2,1-2H3,(H,23,26)/t18-/m0/s1. The Morgan fingerprint density at radius 2 is 2.04 bits per heavy atom. The highest BCUT2D eigenvalue weighted by molar-refractivity contribution is 5.97. The van der Waals surface area contributed by atoms with Crippen LogP contribution in [0.5, 0.6) is 0 Å². The van der Waals surface area contributed by atoms with Crippen LogP contribution in [-0.2, 0) is 11.2 Å². The summed E-state index contributed by atoms with van der Waals surface area (Å²) in [5.74, 6) is 0.435. The van der Waals surface area contributed by atoms with E-state index in [1.807, 2.05) is 4.68 Å². The van der Waals surface area contributed by atoms with E-state index < -0.39 is 0 Å². The summed E-state index contributed by atoms with van der Waals surface area (Å²) in [4.78, 5) is 13.1. The van der Waals surface area contributed by atoms with Crippen molar-refractivity contribution in [2.75, 3.05) is 13.2 Å². The summed E-state index contributed by atoms with van der Waals surface area (Å²) in [5, 5.41) is 8.04. The zero-order chi connectivity index (χ0) is 18.8. The molecule has 1 aliphatic heterocycles. The largest absolute Gasteiger partial charge is 0.376 e. The van der Waals surface area contributed by atoms with Gasteiger partial charge in [0.15, 0.2) is 0 Å². The minimum absolute atomic E-state index is 0.00853. The van der Waals surface area contributed by atoms with Gasteiger partial charge in [0.1, 0.15) is 0 Å². The van der Waals surface area contributed by atoms with Crippen LogP contribution in [0.2, 0.25) is 0 Å². The SMILES string of the molecule is CCCc1c(C(=O)NC[C@@H]2CCCO2)c(C2CC2)nn1-c1ccc(C)cc1. The predicted molar refractivity (Wildman–Crippen MR) is 106 cm³/mol. The third-order valence-electron chi connectivity index (χ3n) is 5.48. The molecule has 0 unspecified atom stereocenters. The lowest BCUT2D eigenvalue weighted by molar-refractivity contribution is 0.0856. The molecule has 1 N–H and O–H groups in total. The number of carbonyl (C=O) groups is 1. The summed E-state index contributed by atoms with van der Waals surface area (Å²) in [7, 11) is 0. The Bertz CT molecular complexity index is 800. The van der Waals surface area contributed by atoms with E-state index >= 15 is 0 Å². The van der Waals surface area contributed by atoms with E-state index in [9.17, 15) is 4.79 Å². The summed E-state index contributed by atoms with van der Waals surface area (Å²) in [6, 6.07) is 8.37. The van der Waals surface area contributed by atoms with Gasteiger partial charge in [-0.2, -0.15) is 5.10 Å². The molecule has 1 aliphatic carbocycles. The van der Waals surface area contributed by atoms with Gasteiger partial charge >= 0.3 is 0 Å². The van der Waals surface area contributed by atoms with Crippen molar-refractivity contribution in [2.24, 2.45) is 0 Å². The van der Waals surface area contributed by atoms with E-state index in [1.54, 1.807) is 0 Å². The maximum absolute atomic E-state index is 13.1. The van der Waals surface area contributed by atoms with Crippen molar-refractivity contribution < 1.29 is 9.53 Å². The summed E-state index contributed by atoms with van der Waals surface area (Å²) < 4.78 is 7.65. The average Bonchev–Trinajstić information content (AvgIpc) is 3.25. The molecule has 1 saturated heterocycles. The number of nitrogens with zero attached hydrogens (tertiary/aromatic N) is 2. The van der Waals surface area contributed by atoms with Crippen molar-refractivity contribution in [1.82, 2.24) is 15.1 Å². The van der Waals surface area contributed by atoms with E-state index in [-0.39, 0.29) is 12.0 Å². The van der Waals surface area contributed by atoms with Crippen LogP contribution in [-0.4, -0.2) is 34.9 Å². The predicted octanol–water partition coefficient (Wildman–Crippen LogP) is 3.92. The molecule has 5 heteroatoms. The highest BCUT2D eigenvalue weighted by atomic mass is 16.5. The zero-order valence-electron chi connectivity index (χ0n) is 16.3. The fourth-order valence-electron chi connectivity index (χ4n) is 3.83. The van der Waals surface area contributed by atoms with Gasteiger partial charge in [0.2, 0.25) is 0 Å². The van der Waals surface area contributed by atoms with Crippen LogP contribution in [0.3, 0.4) is 0 Å². The smallest absolute Gasteiger partial charge is 0.255 e. The Morgan fingerprint density at radius 3 is 2.67 bits per heavy atom. The number of carbonyl (C=O) groups excluding carboxylic acids is 1. The van der Waals surface area contributed by atoms with E-state index in [0.29, 0.717) is 12.5 Å². The van der Waals surface area contributed by atoms with Crippen LogP contribution in [0.15, 0.2) is 24.3 Å². The molecule has 0 bridgehead atoms. The van der Waals surface area contributed by atoms with Crippen molar-refractivity contribution in [3.05, 3.63) is 46.8 Å². The summed E-state index contributed by atoms with van der Waals surface area (Å²) in [5.41, 5.74) is 5.07. The Morgan fingerprint density at radius 1 is 1.26 bits per heavy atom. The van der Waals surface area contributed by atoms with Crippen molar-refractivity contribution in [3.63, 3.8) is 0 Å². The number of ether oxygens (including phenoxy) is 1. The number of nitrogens with one attached hydrogen (secondary N) is 1. The minimum Gasteiger partial charge on any atom is -0.376 e. The molecular weight excluding hydrogens is 338 g/mol. The highest BCUT2D eigenvalue weighted by Crippen LogP contribution is 2.42. The third kappa shape index (κ3) is 3.93. The molecule has 1 amide bonds. The van der Waals surface area contributed by atoms with Gasteiger partial charge < -0.3 is 10.1 Å². The van der Waals surface area contributed by atoms with E-state index in [2.05, 4.69) is 43.4 Å². The van der Waals surface area contributed by atoms with E-state index in [1.165, 1.54) is 5.56 Å². The number of hydrogen-bond donors (Lipinski definition) is 1. The molecule has 1 aromatic carbocycles. The number of benzene rings is 1. The first-order chi connectivity index (χ1) is 13.2. The maximum Gasteiger partial charge on any atom is 0.255 e. The maximum atomic E-state index is 13.1. The molecule has 0 spiro atoms. The lowest BCUT2D eigenvalue weighted by Gasteiger charge is -2.12. The molecule has 27 heavy (non-hydrogen) atoms. The molecule has 5 nitrogen and oxygen atoms in total. The lowest BCUT2D eigenvalue weighted by atomic mass is 10.1. The minimum atomic E-state index is 0.00853. The first-order valence-corrected chi connectivity index (χ1v) is 10.3. The van der Waals surface area contributed by atoms with Crippen molar-refractivity contribution in [1.29, 1.82) is 0 Å². The average molecular weight is 367 g/mol. The lowest BCUT2D eigenvalue weighted by Crippen LogP contribution is -2.32. The number of aromatic nitrogens is 2. The van der Waals surface area contributed by atoms with Gasteiger partial charge in [0.05, 0.1) is 28.7 Å². The van der Waals surface area contributed by atoms with Crippen LogP contribution in [0, 0.1) is 6.92 Å². The second-order valence-corrected chi connectivity index (χ2v) is 7.82. The molecular formula is C22H29N3O2. The monoisotopic (exact) mass is 367 g/mol. The highest BCUT2D eigenvalue weighted by Gasteiger charge is 2.34. The molecule has 2 aliphatic rings. The molecule has 2 heterocycles. The molecule has 1 aromatic heterocycles. The van der Waals surface area contributed by atoms with Crippen molar-refractivity contribution in [2.45, 2.75) is 64.4 Å². The van der Waals surface area contributed by atoms with Crippen molar-refractivity contribution in [3.8, 4) is 5.69 Å². The number of amides is 1. The van der Waals surface area contributed by atoms with Gasteiger partial charge in [-0.15, -0.1) is 0 Å². The normalized spacial score (nSPS) is 19.4. The number of rotatable bonds is 7. The molecule has 2 fully saturated rings. The zero-order valence-corrected chi connectivity index (χ0v) is 16.3. The van der Waals surface area contributed by atoms with Crippen molar-refractivity contribution >= 4 is 5.91 Å². The molecule has 4 rings (SSSR count). The Kier molecular flexibility index (Phi) is 5.30. The first-order valence-electron chi connectivity index (χ1n) is 10.3. The summed E-state index contributed by atoms with van der Waals surface area (Å²) >= 11 is 0. The molecule has 0 radical (unpaired) electrons. The first kappa shape index (κ1) is 18.2. The molecule has 144 valence electrons. The second kappa shape index (κ2) is 7.85. The van der Waals surface area contributed by atoms with Crippen LogP contribution >= 0.6 is 0 Å². The number of hydrogen-bond acceptors (Lipinski definition) is 3. The van der Waals surface area contributed by atoms with Gasteiger partial charge in [0, 0.05) is 19.1 Å². The topological polar surface area (TPSA) is 56.1 Å². The van der Waals surface area contributed by atoms with Gasteiger partial charge in [0.25, 0.3) is 5.91 Å². The van der Waals surface area contributed by atoms with Gasteiger partial charge in [-0.25, -0.2) is 4.68 Å². The quantitative estimate of drug-likeness (QED) is 0.807. The third-order valence-corrected chi connectivity index (χ3v) is 5.48. The molecule has 1 saturated carbocycles. The van der Waals surface area contributed by atoms with Crippen LogP contribution in [0.4, 0.5) is 0 Å². The van der Waals surface area contributed by atoms with E-state index in [4.69, 9.17) is 9.84 Å². The van der Waals surface area contributed by atoms with Gasteiger partial charge in [-0.3, -0.25) is 4.79 Å². The second-order valence-electron chi connectivity index (χ2n) is 7.82. The van der Waals surface area contributed by atoms with Crippen LogP contribution in [0.25, 0.3) is 5.69 Å². The molecule has 2 aromatic rings. The Labute approximate surface area is 161 Å². The fourth-order valence-corrected chi connectivity index (χ4v) is 3.83. The Hall–Kier alpha value is -2.14. The fraction of sp³-hybridized carbons (Fsp3) is 0.545. The Balaban J connectivity index is 1.67. The molecule has 1 atom stereocenters.